The number of aromatic nitrogens is 1. The van der Waals surface area contributed by atoms with Crippen molar-refractivity contribution in [2.45, 2.75) is 37.8 Å². The van der Waals surface area contributed by atoms with Crippen LogP contribution in [0.5, 0.6) is 0 Å². The lowest BCUT2D eigenvalue weighted by molar-refractivity contribution is -0.151. The average Bonchev–Trinajstić information content (AvgIpc) is 3.48. The Morgan fingerprint density at radius 3 is 2.61 bits per heavy atom. The number of nitrogens with zero attached hydrogens (tertiary/aromatic N) is 1. The first-order valence-electron chi connectivity index (χ1n) is 11.8. The molecule has 3 heterocycles. The summed E-state index contributed by atoms with van der Waals surface area (Å²) in [5.41, 5.74) is 0.209. The number of carboxylic acid groups (broad SMARTS) is 1. The van der Waals surface area contributed by atoms with Crippen LogP contribution in [-0.2, 0) is 20.8 Å². The molecule has 188 valence electrons. The van der Waals surface area contributed by atoms with Gasteiger partial charge in [0, 0.05) is 41.1 Å². The molecule has 1 aromatic heterocycles. The van der Waals surface area contributed by atoms with Gasteiger partial charge in [0.25, 0.3) is 0 Å². The third kappa shape index (κ3) is 3.80. The van der Waals surface area contributed by atoms with Crippen LogP contribution in [0, 0.1) is 11.8 Å². The Bertz CT molecular complexity index is 1390. The number of rotatable bonds is 7. The van der Waals surface area contributed by atoms with Crippen molar-refractivity contribution in [3.8, 4) is 0 Å². The van der Waals surface area contributed by atoms with Gasteiger partial charge in [-0.25, -0.2) is 0 Å². The number of hydrogen-bond acceptors (Lipinski definition) is 4. The Hall–Kier alpha value is -2.58. The smallest absolute Gasteiger partial charge is 0.325 e. The van der Waals surface area contributed by atoms with Gasteiger partial charge >= 0.3 is 5.97 Å². The van der Waals surface area contributed by atoms with Crippen LogP contribution >= 0.6 is 34.8 Å². The summed E-state index contributed by atoms with van der Waals surface area (Å²) in [5.74, 6) is -4.22. The molecule has 2 aliphatic rings. The van der Waals surface area contributed by atoms with E-state index in [4.69, 9.17) is 34.8 Å². The fraction of sp³-hybridized carbons (Fsp3) is 0.346. The number of nitrogens with one attached hydrogen (secondary N) is 2. The van der Waals surface area contributed by atoms with Gasteiger partial charge in [-0.1, -0.05) is 66.3 Å². The number of H-pyrrole nitrogens is 1. The quantitative estimate of drug-likeness (QED) is 0.277. The van der Waals surface area contributed by atoms with Crippen molar-refractivity contribution < 1.29 is 19.5 Å². The molecule has 7 nitrogen and oxygen atoms in total. The van der Waals surface area contributed by atoms with E-state index in [1.165, 1.54) is 11.0 Å². The largest absolute Gasteiger partial charge is 0.480 e. The average molecular weight is 549 g/mol. The molecule has 0 bridgehead atoms. The number of halogens is 3. The molecule has 0 aliphatic carbocycles. The molecule has 4 atom stereocenters. The van der Waals surface area contributed by atoms with Gasteiger partial charge in [0.15, 0.2) is 0 Å². The standard InChI is InChI=1S/C26H24Cl3N3O4/c1-2-3-8-32-23(33)19-20(24(32)34)26(25(35)36,11-13-12-30-18-7-5-4-6-15(13)18)31-22(19)16-9-14(27)10-17(28)21(16)29/h4-7,9-10,12,19-20,22,30-31H,2-3,8,11H2,1H3,(H,35,36). The lowest BCUT2D eigenvalue weighted by atomic mass is 9.76. The number of fused-ring (bicyclic) bond motifs is 2. The molecule has 0 saturated carbocycles. The van der Waals surface area contributed by atoms with E-state index in [2.05, 4.69) is 10.3 Å². The van der Waals surface area contributed by atoms with Gasteiger partial charge in [-0.05, 0) is 35.7 Å². The number of amides is 2. The van der Waals surface area contributed by atoms with E-state index in [1.807, 2.05) is 31.2 Å². The molecular weight excluding hydrogens is 525 g/mol. The van der Waals surface area contributed by atoms with E-state index in [9.17, 15) is 19.5 Å². The lowest BCUT2D eigenvalue weighted by Gasteiger charge is -2.31. The highest BCUT2D eigenvalue weighted by atomic mass is 35.5. The number of carboxylic acids is 1. The highest BCUT2D eigenvalue weighted by Crippen LogP contribution is 2.52. The minimum atomic E-state index is -1.76. The Labute approximate surface area is 222 Å². The third-order valence-corrected chi connectivity index (χ3v) is 8.40. The van der Waals surface area contributed by atoms with Crippen molar-refractivity contribution in [1.82, 2.24) is 15.2 Å². The number of likely N-dealkylation sites (tertiary alicyclic amines) is 1. The maximum atomic E-state index is 13.7. The van der Waals surface area contributed by atoms with Crippen LogP contribution in [0.3, 0.4) is 0 Å². The van der Waals surface area contributed by atoms with Gasteiger partial charge in [0.1, 0.15) is 5.54 Å². The second-order valence-electron chi connectivity index (χ2n) is 9.41. The summed E-state index contributed by atoms with van der Waals surface area (Å²) < 4.78 is 0. The van der Waals surface area contributed by atoms with E-state index in [0.29, 0.717) is 17.0 Å². The number of carbonyl (C=O) groups excluding carboxylic acids is 2. The van der Waals surface area contributed by atoms with Gasteiger partial charge in [0.05, 0.1) is 21.9 Å². The van der Waals surface area contributed by atoms with Crippen molar-refractivity contribution >= 4 is 63.5 Å². The van der Waals surface area contributed by atoms with Crippen LogP contribution in [0.15, 0.2) is 42.6 Å². The maximum Gasteiger partial charge on any atom is 0.325 e. The molecule has 3 N–H and O–H groups in total. The van der Waals surface area contributed by atoms with Crippen molar-refractivity contribution in [2.24, 2.45) is 11.8 Å². The number of para-hydroxylation sites is 1. The number of unbranched alkanes of at least 4 members (excludes halogenated alkanes) is 1. The molecule has 0 spiro atoms. The lowest BCUT2D eigenvalue weighted by Crippen LogP contribution is -2.57. The fourth-order valence-corrected chi connectivity index (χ4v) is 6.42. The number of aromatic amines is 1. The van der Waals surface area contributed by atoms with Crippen LogP contribution in [0.25, 0.3) is 10.9 Å². The monoisotopic (exact) mass is 547 g/mol. The summed E-state index contributed by atoms with van der Waals surface area (Å²) in [6.45, 7) is 2.20. The Morgan fingerprint density at radius 2 is 1.89 bits per heavy atom. The molecule has 3 aromatic rings. The molecule has 2 saturated heterocycles. The molecule has 2 amide bonds. The van der Waals surface area contributed by atoms with Gasteiger partial charge < -0.3 is 10.1 Å². The second-order valence-corrected chi connectivity index (χ2v) is 10.6. The molecule has 36 heavy (non-hydrogen) atoms. The first-order chi connectivity index (χ1) is 17.2. The first kappa shape index (κ1) is 25.1. The van der Waals surface area contributed by atoms with Gasteiger partial charge in [-0.3, -0.25) is 24.6 Å². The summed E-state index contributed by atoms with van der Waals surface area (Å²) in [5, 5.41) is 15.3. The van der Waals surface area contributed by atoms with E-state index >= 15 is 0 Å². The summed E-state index contributed by atoms with van der Waals surface area (Å²) in [7, 11) is 0. The highest BCUT2D eigenvalue weighted by molar-refractivity contribution is 6.43. The highest BCUT2D eigenvalue weighted by Gasteiger charge is 2.68. The van der Waals surface area contributed by atoms with Gasteiger partial charge in [0.2, 0.25) is 11.8 Å². The van der Waals surface area contributed by atoms with E-state index in [-0.39, 0.29) is 23.0 Å². The van der Waals surface area contributed by atoms with Crippen molar-refractivity contribution in [1.29, 1.82) is 0 Å². The first-order valence-corrected chi connectivity index (χ1v) is 12.9. The van der Waals surface area contributed by atoms with Crippen LogP contribution < -0.4 is 5.32 Å². The number of carbonyl (C=O) groups is 3. The van der Waals surface area contributed by atoms with E-state index < -0.39 is 41.2 Å². The number of benzene rings is 2. The zero-order chi connectivity index (χ0) is 25.8. The van der Waals surface area contributed by atoms with Crippen molar-refractivity contribution in [2.75, 3.05) is 6.54 Å². The molecule has 2 fully saturated rings. The minimum absolute atomic E-state index is 0.0173. The van der Waals surface area contributed by atoms with Crippen LogP contribution in [0.1, 0.15) is 36.9 Å². The topological polar surface area (TPSA) is 102 Å². The van der Waals surface area contributed by atoms with Crippen LogP contribution in [0.2, 0.25) is 15.1 Å². The van der Waals surface area contributed by atoms with Gasteiger partial charge in [-0.15, -0.1) is 0 Å². The summed E-state index contributed by atoms with van der Waals surface area (Å²) in [6.07, 6.45) is 3.14. The normalized spacial score (nSPS) is 25.7. The molecule has 10 heteroatoms. The SMILES string of the molecule is CCCCN1C(=O)C2C(c3cc(Cl)cc(Cl)c3Cl)NC(Cc3c[nH]c4ccccc34)(C(=O)O)C2C1=O. The molecule has 4 unspecified atom stereocenters. The Morgan fingerprint density at radius 1 is 1.14 bits per heavy atom. The number of imide groups is 1. The molecule has 2 aromatic carbocycles. The number of hydrogen-bond donors (Lipinski definition) is 3. The minimum Gasteiger partial charge on any atom is -0.480 e. The fourth-order valence-electron chi connectivity index (χ4n) is 5.68. The Balaban J connectivity index is 1.67. The van der Waals surface area contributed by atoms with E-state index in [0.717, 1.165) is 22.9 Å². The Kier molecular flexibility index (Phi) is 6.53. The predicted molar refractivity (Wildman–Crippen MR) is 138 cm³/mol. The zero-order valence-corrected chi connectivity index (χ0v) is 21.6. The van der Waals surface area contributed by atoms with Crippen molar-refractivity contribution in [3.63, 3.8) is 0 Å². The summed E-state index contributed by atoms with van der Waals surface area (Å²) in [6, 6.07) is 9.71. The maximum absolute atomic E-state index is 13.7. The zero-order valence-electron chi connectivity index (χ0n) is 19.4. The van der Waals surface area contributed by atoms with Gasteiger partial charge in [-0.2, -0.15) is 0 Å². The van der Waals surface area contributed by atoms with E-state index in [1.54, 1.807) is 12.3 Å². The predicted octanol–water partition coefficient (Wildman–Crippen LogP) is 5.24. The molecular formula is C26H24Cl3N3O4. The van der Waals surface area contributed by atoms with Crippen molar-refractivity contribution in [3.05, 3.63) is 68.8 Å². The second kappa shape index (κ2) is 9.38. The summed E-state index contributed by atoms with van der Waals surface area (Å²) >= 11 is 19.1. The molecule has 5 rings (SSSR count). The molecule has 0 radical (unpaired) electrons. The van der Waals surface area contributed by atoms with Crippen LogP contribution in [-0.4, -0.2) is 44.9 Å². The van der Waals surface area contributed by atoms with Crippen LogP contribution in [0.4, 0.5) is 0 Å². The number of aliphatic carboxylic acids is 1. The third-order valence-electron chi connectivity index (χ3n) is 7.36. The molecule has 2 aliphatic heterocycles. The summed E-state index contributed by atoms with van der Waals surface area (Å²) in [4.78, 5) is 44.8.